The summed E-state index contributed by atoms with van der Waals surface area (Å²) >= 11 is 6.13. The van der Waals surface area contributed by atoms with E-state index < -0.39 is 18.2 Å². The Morgan fingerprint density at radius 2 is 2.22 bits per heavy atom. The summed E-state index contributed by atoms with van der Waals surface area (Å²) in [7, 11) is 0. The van der Waals surface area contributed by atoms with Crippen LogP contribution in [-0.4, -0.2) is 54.6 Å². The predicted octanol–water partition coefficient (Wildman–Crippen LogP) is -0.0164. The Bertz CT molecular complexity index is 597. The van der Waals surface area contributed by atoms with Crippen molar-refractivity contribution >= 4 is 17.5 Å². The average Bonchev–Trinajstić information content (AvgIpc) is 2.99. The lowest BCUT2D eigenvalue weighted by Gasteiger charge is -2.22. The van der Waals surface area contributed by atoms with E-state index >= 15 is 0 Å². The average molecular weight is 343 g/mol. The number of halogens is 1. The molecule has 126 valence electrons. The van der Waals surface area contributed by atoms with Crippen LogP contribution in [0, 0.1) is 0 Å². The van der Waals surface area contributed by atoms with Crippen molar-refractivity contribution < 1.29 is 24.5 Å². The number of benzene rings is 1. The quantitative estimate of drug-likeness (QED) is 0.614. The minimum absolute atomic E-state index is 0.0447. The molecule has 3 unspecified atom stereocenters. The van der Waals surface area contributed by atoms with Crippen molar-refractivity contribution in [3.05, 3.63) is 22.7 Å². The van der Waals surface area contributed by atoms with Crippen LogP contribution in [0.25, 0.3) is 0 Å². The van der Waals surface area contributed by atoms with E-state index in [1.165, 1.54) is 0 Å². The number of carbonyl (C=O) groups excluding carboxylic acids is 1. The number of ether oxygens (including phenoxy) is 2. The Balaban J connectivity index is 1.61. The van der Waals surface area contributed by atoms with Crippen LogP contribution < -0.4 is 20.1 Å². The van der Waals surface area contributed by atoms with Gasteiger partial charge in [-0.1, -0.05) is 11.6 Å². The van der Waals surface area contributed by atoms with Gasteiger partial charge in [0.25, 0.3) is 0 Å². The number of nitrogens with one attached hydrogen (secondary N) is 2. The van der Waals surface area contributed by atoms with Crippen molar-refractivity contribution in [3.8, 4) is 11.5 Å². The first-order valence-corrected chi connectivity index (χ1v) is 7.88. The van der Waals surface area contributed by atoms with Gasteiger partial charge in [-0.2, -0.15) is 0 Å². The summed E-state index contributed by atoms with van der Waals surface area (Å²) in [5.74, 6) is 0.719. The van der Waals surface area contributed by atoms with Crippen molar-refractivity contribution in [2.45, 2.75) is 24.7 Å². The number of rotatable bonds is 4. The topological polar surface area (TPSA) is 100 Å². The number of hydrogen-bond donors (Lipinski definition) is 4. The maximum absolute atomic E-state index is 12.0. The van der Waals surface area contributed by atoms with Crippen LogP contribution in [0.3, 0.4) is 0 Å². The van der Waals surface area contributed by atoms with Gasteiger partial charge in [-0.25, -0.2) is 0 Å². The molecule has 0 spiro atoms. The molecule has 2 aliphatic rings. The van der Waals surface area contributed by atoms with E-state index in [0.717, 1.165) is 0 Å². The van der Waals surface area contributed by atoms with Gasteiger partial charge in [-0.3, -0.25) is 4.79 Å². The first kappa shape index (κ1) is 16.3. The molecule has 1 fully saturated rings. The molecule has 2 heterocycles. The van der Waals surface area contributed by atoms with Gasteiger partial charge < -0.3 is 30.3 Å². The molecule has 0 aliphatic carbocycles. The first-order valence-electron chi connectivity index (χ1n) is 7.51. The second-order valence-electron chi connectivity index (χ2n) is 5.64. The predicted molar refractivity (Wildman–Crippen MR) is 82.8 cm³/mol. The minimum Gasteiger partial charge on any atom is -0.486 e. The van der Waals surface area contributed by atoms with E-state index in [2.05, 4.69) is 10.6 Å². The summed E-state index contributed by atoms with van der Waals surface area (Å²) in [6, 6.07) is 2.83. The molecule has 7 nitrogen and oxygen atoms in total. The van der Waals surface area contributed by atoms with Crippen molar-refractivity contribution in [1.29, 1.82) is 0 Å². The fraction of sp³-hybridized carbons (Fsp3) is 0.533. The molecule has 0 aromatic heterocycles. The van der Waals surface area contributed by atoms with Crippen molar-refractivity contribution in [1.82, 2.24) is 10.6 Å². The molecule has 1 aromatic rings. The van der Waals surface area contributed by atoms with E-state index in [1.54, 1.807) is 12.1 Å². The molecule has 1 amide bonds. The van der Waals surface area contributed by atoms with Crippen LogP contribution in [0.2, 0.25) is 5.02 Å². The lowest BCUT2D eigenvalue weighted by atomic mass is 10.1. The van der Waals surface area contributed by atoms with Crippen molar-refractivity contribution in [3.63, 3.8) is 0 Å². The fourth-order valence-electron chi connectivity index (χ4n) is 2.68. The Morgan fingerprint density at radius 1 is 1.43 bits per heavy atom. The lowest BCUT2D eigenvalue weighted by molar-refractivity contribution is -0.123. The third-order valence-corrected chi connectivity index (χ3v) is 4.18. The molecule has 0 radical (unpaired) electrons. The standard InChI is InChI=1S/C15H19ClN2O5/c16-10-3-8(4-13-14(10)23-2-1-22-13)12(20)7-18-15(21)11-5-9(19)6-17-11/h3-4,9,11-12,17,19-20H,1-2,5-7H2,(H,18,21). The first-order chi connectivity index (χ1) is 11.0. The summed E-state index contributed by atoms with van der Waals surface area (Å²) in [5.41, 5.74) is 0.541. The highest BCUT2D eigenvalue weighted by Gasteiger charge is 2.28. The van der Waals surface area contributed by atoms with Gasteiger partial charge in [0.2, 0.25) is 5.91 Å². The zero-order valence-electron chi connectivity index (χ0n) is 12.4. The highest BCUT2D eigenvalue weighted by atomic mass is 35.5. The van der Waals surface area contributed by atoms with Crippen LogP contribution in [0.4, 0.5) is 0 Å². The van der Waals surface area contributed by atoms with Crippen LogP contribution in [0.15, 0.2) is 12.1 Å². The molecule has 1 saturated heterocycles. The van der Waals surface area contributed by atoms with E-state index in [-0.39, 0.29) is 12.5 Å². The molecular weight excluding hydrogens is 324 g/mol. The van der Waals surface area contributed by atoms with Crippen LogP contribution in [0.1, 0.15) is 18.1 Å². The van der Waals surface area contributed by atoms with Gasteiger partial charge in [0.15, 0.2) is 11.5 Å². The molecule has 4 N–H and O–H groups in total. The summed E-state index contributed by atoms with van der Waals surface area (Å²) in [4.78, 5) is 12.0. The molecule has 0 bridgehead atoms. The lowest BCUT2D eigenvalue weighted by Crippen LogP contribution is -2.41. The molecule has 0 saturated carbocycles. The SMILES string of the molecule is O=C(NCC(O)c1cc(Cl)c2c(c1)OCCO2)C1CC(O)CN1. The second kappa shape index (κ2) is 6.92. The van der Waals surface area contributed by atoms with Crippen molar-refractivity contribution in [2.24, 2.45) is 0 Å². The number of amides is 1. The summed E-state index contributed by atoms with van der Waals surface area (Å²) in [5, 5.41) is 25.6. The van der Waals surface area contributed by atoms with Gasteiger partial charge in [0.05, 0.1) is 23.3 Å². The highest BCUT2D eigenvalue weighted by molar-refractivity contribution is 6.32. The van der Waals surface area contributed by atoms with Gasteiger partial charge in [0, 0.05) is 13.1 Å². The Hall–Kier alpha value is -1.54. The van der Waals surface area contributed by atoms with E-state index in [4.69, 9.17) is 21.1 Å². The maximum Gasteiger partial charge on any atom is 0.237 e. The van der Waals surface area contributed by atoms with Gasteiger partial charge in [-0.05, 0) is 24.1 Å². The normalized spacial score (nSPS) is 24.3. The number of fused-ring (bicyclic) bond motifs is 1. The van der Waals surface area contributed by atoms with Crippen LogP contribution >= 0.6 is 11.6 Å². The Kier molecular flexibility index (Phi) is 4.91. The van der Waals surface area contributed by atoms with Crippen molar-refractivity contribution in [2.75, 3.05) is 26.3 Å². The smallest absolute Gasteiger partial charge is 0.237 e. The molecule has 1 aromatic carbocycles. The Labute approximate surface area is 138 Å². The molecule has 3 atom stereocenters. The third kappa shape index (κ3) is 3.69. The number of aliphatic hydroxyl groups excluding tert-OH is 2. The molecular formula is C15H19ClN2O5. The second-order valence-corrected chi connectivity index (χ2v) is 6.05. The fourth-order valence-corrected chi connectivity index (χ4v) is 2.95. The minimum atomic E-state index is -0.918. The summed E-state index contributed by atoms with van der Waals surface area (Å²) in [6.45, 7) is 1.31. The number of aliphatic hydroxyl groups is 2. The van der Waals surface area contributed by atoms with Gasteiger partial charge >= 0.3 is 0 Å². The number of β-amino-alcohol motifs (C(OH)–C–C–N with tert-alkyl or cyclic N) is 1. The molecule has 3 rings (SSSR count). The van der Waals surface area contributed by atoms with E-state index in [0.29, 0.717) is 48.3 Å². The van der Waals surface area contributed by atoms with Crippen LogP contribution in [-0.2, 0) is 4.79 Å². The van der Waals surface area contributed by atoms with Gasteiger partial charge in [0.1, 0.15) is 13.2 Å². The highest BCUT2D eigenvalue weighted by Crippen LogP contribution is 2.39. The van der Waals surface area contributed by atoms with Crippen LogP contribution in [0.5, 0.6) is 11.5 Å². The van der Waals surface area contributed by atoms with Gasteiger partial charge in [-0.15, -0.1) is 0 Å². The summed E-state index contributed by atoms with van der Waals surface area (Å²) in [6.07, 6.45) is -1.05. The molecule has 8 heteroatoms. The number of hydrogen-bond acceptors (Lipinski definition) is 6. The zero-order valence-corrected chi connectivity index (χ0v) is 13.2. The summed E-state index contributed by atoms with van der Waals surface area (Å²) < 4.78 is 10.9. The maximum atomic E-state index is 12.0. The monoisotopic (exact) mass is 342 g/mol. The Morgan fingerprint density at radius 3 is 2.96 bits per heavy atom. The molecule has 23 heavy (non-hydrogen) atoms. The zero-order chi connectivity index (χ0) is 16.4. The molecule has 2 aliphatic heterocycles. The largest absolute Gasteiger partial charge is 0.486 e. The van der Waals surface area contributed by atoms with E-state index in [9.17, 15) is 15.0 Å². The number of carbonyl (C=O) groups is 1. The third-order valence-electron chi connectivity index (χ3n) is 3.90. The van der Waals surface area contributed by atoms with E-state index in [1.807, 2.05) is 0 Å².